The highest BCUT2D eigenvalue weighted by molar-refractivity contribution is 5.93. The van der Waals surface area contributed by atoms with Crippen LogP contribution >= 0.6 is 0 Å². The van der Waals surface area contributed by atoms with E-state index in [2.05, 4.69) is 33.1 Å². The summed E-state index contributed by atoms with van der Waals surface area (Å²) in [5.41, 5.74) is 4.73. The maximum Gasteiger partial charge on any atom is 0.426 e. The number of amides is 2. The molecule has 0 aromatic carbocycles. The third kappa shape index (κ3) is 8.10. The number of hydrogen-bond donors (Lipinski definition) is 3. The highest BCUT2D eigenvalue weighted by Crippen LogP contribution is 2.14. The van der Waals surface area contributed by atoms with Gasteiger partial charge in [-0.3, -0.25) is 10.2 Å². The molecule has 1 heterocycles. The van der Waals surface area contributed by atoms with E-state index in [9.17, 15) is 9.59 Å². The maximum absolute atomic E-state index is 12.4. The number of ether oxygens (including phenoxy) is 1. The van der Waals surface area contributed by atoms with Crippen LogP contribution in [0.4, 0.5) is 16.6 Å². The predicted octanol–water partition coefficient (Wildman–Crippen LogP) is 2.70. The smallest absolute Gasteiger partial charge is 0.426 e. The fourth-order valence-electron chi connectivity index (χ4n) is 2.15. The molecule has 9 nitrogen and oxygen atoms in total. The van der Waals surface area contributed by atoms with Gasteiger partial charge in [-0.15, -0.1) is 0 Å². The van der Waals surface area contributed by atoms with Crippen molar-refractivity contribution in [3.8, 4) is 0 Å². The number of carbonyl (C=O) groups excluding carboxylic acids is 2. The molecule has 152 valence electrons. The van der Waals surface area contributed by atoms with Crippen LogP contribution in [-0.2, 0) is 4.74 Å². The summed E-state index contributed by atoms with van der Waals surface area (Å²) in [6.45, 7) is 13.3. The molecule has 1 rings (SSSR count). The maximum atomic E-state index is 12.4. The summed E-state index contributed by atoms with van der Waals surface area (Å²) in [7, 11) is 0. The van der Waals surface area contributed by atoms with Crippen LogP contribution in [0.2, 0.25) is 0 Å². The lowest BCUT2D eigenvalue weighted by molar-refractivity contribution is 0.0540. The fourth-order valence-corrected chi connectivity index (χ4v) is 2.15. The van der Waals surface area contributed by atoms with Gasteiger partial charge in [-0.2, -0.15) is 4.98 Å². The molecule has 0 spiro atoms. The standard InChI is InChI=1S/C18H32N6O3/c1-7-10-11-19-15(25)13-12-14(21-16(20-13)24(8-2)9-3)22-23-17(26)27-18(4,5)6/h12H,7-11H2,1-6H3,(H,19,25)(H,23,26)(H,20,21,22). The number of unbranched alkanes of at least 4 members (excludes halogenated alkanes) is 1. The molecule has 9 heteroatoms. The number of carbonyl (C=O) groups is 2. The average Bonchev–Trinajstić information content (AvgIpc) is 2.59. The summed E-state index contributed by atoms with van der Waals surface area (Å²) in [6.07, 6.45) is 1.24. The van der Waals surface area contributed by atoms with E-state index in [1.165, 1.54) is 6.07 Å². The van der Waals surface area contributed by atoms with Gasteiger partial charge in [-0.1, -0.05) is 13.3 Å². The minimum atomic E-state index is -0.639. The van der Waals surface area contributed by atoms with E-state index in [-0.39, 0.29) is 11.6 Å². The van der Waals surface area contributed by atoms with E-state index in [1.807, 2.05) is 18.7 Å². The van der Waals surface area contributed by atoms with Crippen LogP contribution in [0, 0.1) is 0 Å². The van der Waals surface area contributed by atoms with E-state index in [4.69, 9.17) is 4.74 Å². The van der Waals surface area contributed by atoms with Gasteiger partial charge in [0.05, 0.1) is 0 Å². The second-order valence-corrected chi connectivity index (χ2v) is 6.97. The van der Waals surface area contributed by atoms with Crippen molar-refractivity contribution in [3.63, 3.8) is 0 Å². The Balaban J connectivity index is 2.97. The Morgan fingerprint density at radius 1 is 1.15 bits per heavy atom. The summed E-state index contributed by atoms with van der Waals surface area (Å²) in [4.78, 5) is 34.9. The quantitative estimate of drug-likeness (QED) is 0.446. The largest absolute Gasteiger partial charge is 0.443 e. The Morgan fingerprint density at radius 2 is 1.81 bits per heavy atom. The number of nitrogens with one attached hydrogen (secondary N) is 3. The molecule has 1 aromatic heterocycles. The second kappa shape index (κ2) is 10.5. The van der Waals surface area contributed by atoms with Crippen molar-refractivity contribution in [2.45, 2.75) is 60.0 Å². The fraction of sp³-hybridized carbons (Fsp3) is 0.667. The molecule has 0 aliphatic heterocycles. The van der Waals surface area contributed by atoms with Gasteiger partial charge < -0.3 is 15.0 Å². The van der Waals surface area contributed by atoms with Crippen molar-refractivity contribution in [2.75, 3.05) is 30.0 Å². The minimum Gasteiger partial charge on any atom is -0.443 e. The van der Waals surface area contributed by atoms with Crippen LogP contribution in [0.5, 0.6) is 0 Å². The molecule has 27 heavy (non-hydrogen) atoms. The molecule has 0 unspecified atom stereocenters. The third-order valence-electron chi connectivity index (χ3n) is 3.50. The first-order chi connectivity index (χ1) is 12.7. The lowest BCUT2D eigenvalue weighted by Crippen LogP contribution is -2.36. The number of hydrogen-bond acceptors (Lipinski definition) is 7. The topological polar surface area (TPSA) is 108 Å². The van der Waals surface area contributed by atoms with Crippen LogP contribution in [-0.4, -0.2) is 47.2 Å². The van der Waals surface area contributed by atoms with Crippen molar-refractivity contribution < 1.29 is 14.3 Å². The van der Waals surface area contributed by atoms with E-state index in [0.29, 0.717) is 31.4 Å². The lowest BCUT2D eigenvalue weighted by Gasteiger charge is -2.21. The van der Waals surface area contributed by atoms with Crippen LogP contribution in [0.1, 0.15) is 64.9 Å². The van der Waals surface area contributed by atoms with E-state index in [1.54, 1.807) is 20.8 Å². The average molecular weight is 380 g/mol. The Kier molecular flexibility index (Phi) is 8.77. The Hall–Kier alpha value is -2.58. The molecule has 0 radical (unpaired) electrons. The highest BCUT2D eigenvalue weighted by Gasteiger charge is 2.18. The molecule has 0 saturated heterocycles. The first-order valence-electron chi connectivity index (χ1n) is 9.37. The monoisotopic (exact) mass is 380 g/mol. The third-order valence-corrected chi connectivity index (χ3v) is 3.50. The van der Waals surface area contributed by atoms with Crippen molar-refractivity contribution in [1.29, 1.82) is 0 Å². The van der Waals surface area contributed by atoms with Gasteiger partial charge in [0.25, 0.3) is 5.91 Å². The Bertz CT molecular complexity index is 626. The van der Waals surface area contributed by atoms with Crippen molar-refractivity contribution >= 4 is 23.8 Å². The molecule has 0 aliphatic carbocycles. The first kappa shape index (κ1) is 22.5. The van der Waals surface area contributed by atoms with Gasteiger partial charge in [-0.25, -0.2) is 15.2 Å². The van der Waals surface area contributed by atoms with Gasteiger partial charge in [-0.05, 0) is 41.0 Å². The highest BCUT2D eigenvalue weighted by atomic mass is 16.6. The molecule has 0 bridgehead atoms. The Morgan fingerprint density at radius 3 is 2.37 bits per heavy atom. The van der Waals surface area contributed by atoms with Crippen LogP contribution in [0.25, 0.3) is 0 Å². The molecular formula is C18H32N6O3. The summed E-state index contributed by atoms with van der Waals surface area (Å²) in [6, 6.07) is 1.49. The second-order valence-electron chi connectivity index (χ2n) is 6.97. The van der Waals surface area contributed by atoms with Crippen LogP contribution in [0.3, 0.4) is 0 Å². The number of rotatable bonds is 9. The predicted molar refractivity (Wildman–Crippen MR) is 106 cm³/mol. The molecule has 0 fully saturated rings. The van der Waals surface area contributed by atoms with E-state index < -0.39 is 11.7 Å². The zero-order valence-corrected chi connectivity index (χ0v) is 17.2. The molecule has 3 N–H and O–H groups in total. The first-order valence-corrected chi connectivity index (χ1v) is 9.37. The molecule has 1 aromatic rings. The molecular weight excluding hydrogens is 348 g/mol. The Labute approximate surface area is 161 Å². The minimum absolute atomic E-state index is 0.233. The van der Waals surface area contributed by atoms with Gasteiger partial charge in [0.2, 0.25) is 5.95 Å². The van der Waals surface area contributed by atoms with E-state index in [0.717, 1.165) is 12.8 Å². The van der Waals surface area contributed by atoms with Crippen molar-refractivity contribution in [1.82, 2.24) is 20.7 Å². The van der Waals surface area contributed by atoms with Gasteiger partial charge >= 0.3 is 6.09 Å². The summed E-state index contributed by atoms with van der Waals surface area (Å²) in [5.74, 6) is 0.439. The lowest BCUT2D eigenvalue weighted by atomic mass is 10.2. The van der Waals surface area contributed by atoms with Crippen LogP contribution in [0.15, 0.2) is 6.07 Å². The number of hydrazine groups is 1. The summed E-state index contributed by atoms with van der Waals surface area (Å²) < 4.78 is 5.18. The van der Waals surface area contributed by atoms with Crippen molar-refractivity contribution in [3.05, 3.63) is 11.8 Å². The number of aromatic nitrogens is 2. The van der Waals surface area contributed by atoms with Gasteiger partial charge in [0.15, 0.2) is 5.82 Å². The summed E-state index contributed by atoms with van der Waals surface area (Å²) in [5, 5.41) is 2.84. The summed E-state index contributed by atoms with van der Waals surface area (Å²) >= 11 is 0. The zero-order chi connectivity index (χ0) is 20.4. The van der Waals surface area contributed by atoms with Gasteiger partial charge in [0.1, 0.15) is 11.3 Å². The number of anilines is 2. The molecule has 0 atom stereocenters. The molecule has 0 aliphatic rings. The molecule has 0 saturated carbocycles. The van der Waals surface area contributed by atoms with Crippen molar-refractivity contribution in [2.24, 2.45) is 0 Å². The zero-order valence-electron chi connectivity index (χ0n) is 17.2. The van der Waals surface area contributed by atoms with E-state index >= 15 is 0 Å². The normalized spacial score (nSPS) is 10.9. The van der Waals surface area contributed by atoms with Crippen LogP contribution < -0.4 is 21.1 Å². The molecule has 2 amide bonds. The van der Waals surface area contributed by atoms with Gasteiger partial charge in [0, 0.05) is 25.7 Å². The number of nitrogens with zero attached hydrogens (tertiary/aromatic N) is 3. The SMILES string of the molecule is CCCCNC(=O)c1cc(NNC(=O)OC(C)(C)C)nc(N(CC)CC)n1.